The van der Waals surface area contributed by atoms with Crippen LogP contribution in [0.3, 0.4) is 0 Å². The second kappa shape index (κ2) is 11.9. The van der Waals surface area contributed by atoms with Crippen molar-refractivity contribution in [2.75, 3.05) is 0 Å². The van der Waals surface area contributed by atoms with Crippen molar-refractivity contribution in [3.8, 4) is 11.3 Å². The Bertz CT molecular complexity index is 2040. The Labute approximate surface area is 265 Å². The second-order valence-corrected chi connectivity index (χ2v) is 12.4. The molecule has 212 valence electrons. The topological polar surface area (TPSA) is 54.2 Å². The zero-order valence-corrected chi connectivity index (χ0v) is 25.8. The van der Waals surface area contributed by atoms with Crippen molar-refractivity contribution in [1.29, 1.82) is 0 Å². The predicted octanol–water partition coefficient (Wildman–Crippen LogP) is 9.00. The van der Waals surface area contributed by atoms with E-state index in [1.54, 1.807) is 18.0 Å². The van der Waals surface area contributed by atoms with Crippen LogP contribution in [0.4, 0.5) is 4.39 Å². The molecule has 0 bridgehead atoms. The number of benzene rings is 4. The highest BCUT2D eigenvalue weighted by Crippen LogP contribution is 2.38. The van der Waals surface area contributed by atoms with E-state index in [4.69, 9.17) is 16.6 Å². The lowest BCUT2D eigenvalue weighted by molar-refractivity contribution is 0.626. The van der Waals surface area contributed by atoms with E-state index in [-0.39, 0.29) is 11.3 Å². The van der Waals surface area contributed by atoms with E-state index in [9.17, 15) is 4.39 Å². The maximum Gasteiger partial charge on any atom is 0.165 e. The zero-order valence-electron chi connectivity index (χ0n) is 22.6. The lowest BCUT2D eigenvalue weighted by Crippen LogP contribution is -2.31. The van der Waals surface area contributed by atoms with Crippen LogP contribution in [0.5, 0.6) is 0 Å². The highest BCUT2D eigenvalue weighted by atomic mass is 79.9. The molecule has 1 aliphatic heterocycles. The molecular formula is C34H24BrClFN5S. The number of rotatable bonds is 7. The average Bonchev–Trinajstić information content (AvgIpc) is 3.62. The standard InChI is InChI=1S/C34H24BrClFN5S/c35-23-7-5-6-22(16-23)30-20-43-34(40-30)41-38-18-25-17-28-26-8-2-4-11-31(26)42(19-21-12-14-24(37)15-13-21)33(28)32(39-25)27-9-1-3-10-29(27)36/h1-18,20,34,40-41H,19H2. The summed E-state index contributed by atoms with van der Waals surface area (Å²) in [7, 11) is 0. The number of nitrogens with one attached hydrogen (secondary N) is 2. The lowest BCUT2D eigenvalue weighted by Gasteiger charge is -2.13. The Hall–Kier alpha value is -4.11. The summed E-state index contributed by atoms with van der Waals surface area (Å²) in [6.45, 7) is 0.552. The summed E-state index contributed by atoms with van der Waals surface area (Å²) in [6.07, 6.45) is 1.74. The van der Waals surface area contributed by atoms with E-state index >= 15 is 0 Å². The molecule has 1 aliphatic rings. The molecule has 2 aromatic heterocycles. The summed E-state index contributed by atoms with van der Waals surface area (Å²) >= 11 is 11.9. The molecule has 43 heavy (non-hydrogen) atoms. The predicted molar refractivity (Wildman–Crippen MR) is 181 cm³/mol. The Balaban J connectivity index is 1.27. The van der Waals surface area contributed by atoms with Gasteiger partial charge in [0, 0.05) is 32.9 Å². The number of para-hydroxylation sites is 1. The molecule has 1 unspecified atom stereocenters. The third-order valence-electron chi connectivity index (χ3n) is 7.28. The first-order valence-corrected chi connectivity index (χ1v) is 15.7. The van der Waals surface area contributed by atoms with Crippen LogP contribution in [0.2, 0.25) is 5.02 Å². The number of aromatic nitrogens is 2. The van der Waals surface area contributed by atoms with Gasteiger partial charge in [-0.1, -0.05) is 100.0 Å². The molecule has 7 rings (SSSR count). The van der Waals surface area contributed by atoms with Crippen molar-refractivity contribution in [1.82, 2.24) is 20.3 Å². The molecular weight excluding hydrogens is 645 g/mol. The van der Waals surface area contributed by atoms with E-state index in [0.717, 1.165) is 54.4 Å². The molecule has 0 saturated carbocycles. The van der Waals surface area contributed by atoms with Gasteiger partial charge in [-0.05, 0) is 59.0 Å². The molecule has 9 heteroatoms. The van der Waals surface area contributed by atoms with E-state index in [1.807, 2.05) is 60.7 Å². The fourth-order valence-electron chi connectivity index (χ4n) is 5.32. The van der Waals surface area contributed by atoms with Gasteiger partial charge >= 0.3 is 0 Å². The fourth-order valence-corrected chi connectivity index (χ4v) is 6.74. The van der Waals surface area contributed by atoms with Crippen LogP contribution in [0.15, 0.2) is 118 Å². The highest BCUT2D eigenvalue weighted by Gasteiger charge is 2.20. The van der Waals surface area contributed by atoms with E-state index in [0.29, 0.717) is 17.3 Å². The largest absolute Gasteiger partial charge is 0.355 e. The number of hydrogen-bond donors (Lipinski definition) is 2. The summed E-state index contributed by atoms with van der Waals surface area (Å²) in [6, 6.07) is 32.9. The van der Waals surface area contributed by atoms with Crippen LogP contribution < -0.4 is 10.7 Å². The first-order chi connectivity index (χ1) is 21.0. The van der Waals surface area contributed by atoms with E-state index in [1.165, 1.54) is 12.1 Å². The van der Waals surface area contributed by atoms with E-state index in [2.05, 4.69) is 72.1 Å². The first kappa shape index (κ1) is 27.7. The van der Waals surface area contributed by atoms with Crippen molar-refractivity contribution in [2.24, 2.45) is 5.10 Å². The number of hydrazone groups is 1. The van der Waals surface area contributed by atoms with Crippen molar-refractivity contribution < 1.29 is 4.39 Å². The molecule has 2 N–H and O–H groups in total. The number of pyridine rings is 1. The van der Waals surface area contributed by atoms with Crippen LogP contribution in [-0.2, 0) is 6.54 Å². The van der Waals surface area contributed by atoms with Gasteiger partial charge in [0.1, 0.15) is 5.82 Å². The van der Waals surface area contributed by atoms with Crippen molar-refractivity contribution >= 4 is 73.0 Å². The van der Waals surface area contributed by atoms with Gasteiger partial charge in [-0.15, -0.1) is 0 Å². The highest BCUT2D eigenvalue weighted by molar-refractivity contribution is 9.10. The van der Waals surface area contributed by atoms with Gasteiger partial charge in [-0.3, -0.25) is 5.43 Å². The van der Waals surface area contributed by atoms with Crippen molar-refractivity contribution in [2.45, 2.75) is 12.0 Å². The van der Waals surface area contributed by atoms with Crippen LogP contribution in [0.25, 0.3) is 38.8 Å². The van der Waals surface area contributed by atoms with Gasteiger partial charge < -0.3 is 9.88 Å². The smallest absolute Gasteiger partial charge is 0.165 e. The Morgan fingerprint density at radius 2 is 1.79 bits per heavy atom. The molecule has 3 heterocycles. The number of hydrogen-bond acceptors (Lipinski definition) is 5. The zero-order chi connectivity index (χ0) is 29.3. The van der Waals surface area contributed by atoms with Gasteiger partial charge in [0.2, 0.25) is 0 Å². The summed E-state index contributed by atoms with van der Waals surface area (Å²) < 4.78 is 17.0. The molecule has 0 amide bonds. The van der Waals surface area contributed by atoms with Gasteiger partial charge in [0.25, 0.3) is 0 Å². The van der Waals surface area contributed by atoms with Gasteiger partial charge in [0.05, 0.1) is 33.8 Å². The minimum absolute atomic E-state index is 0.116. The maximum atomic E-state index is 13.7. The first-order valence-electron chi connectivity index (χ1n) is 13.6. The summed E-state index contributed by atoms with van der Waals surface area (Å²) in [4.78, 5) is 5.08. The monoisotopic (exact) mass is 667 g/mol. The SMILES string of the molecule is Fc1ccc(Cn2c3ccccc3c3cc(C=NNC4NC(c5cccc(Br)c5)=CS4)nc(-c4ccccc4Cl)c32)cc1. The molecule has 6 aromatic rings. The molecule has 0 radical (unpaired) electrons. The number of nitrogens with zero attached hydrogens (tertiary/aromatic N) is 3. The Morgan fingerprint density at radius 1 is 0.977 bits per heavy atom. The maximum absolute atomic E-state index is 13.7. The molecule has 4 aromatic carbocycles. The number of halogens is 3. The Morgan fingerprint density at radius 3 is 2.63 bits per heavy atom. The lowest BCUT2D eigenvalue weighted by atomic mass is 10.1. The van der Waals surface area contributed by atoms with E-state index < -0.39 is 0 Å². The van der Waals surface area contributed by atoms with Gasteiger partial charge in [-0.25, -0.2) is 9.37 Å². The summed E-state index contributed by atoms with van der Waals surface area (Å²) in [5.41, 5.74) is 10.5. The third-order valence-corrected chi connectivity index (χ3v) is 8.97. The number of thioether (sulfide) groups is 1. The third kappa shape index (κ3) is 5.66. The number of fused-ring (bicyclic) bond motifs is 3. The van der Waals surface area contributed by atoms with Crippen molar-refractivity contribution in [3.63, 3.8) is 0 Å². The second-order valence-electron chi connectivity index (χ2n) is 10.1. The van der Waals surface area contributed by atoms with Crippen LogP contribution in [-0.4, -0.2) is 21.3 Å². The Kier molecular flexibility index (Phi) is 7.65. The molecule has 0 saturated heterocycles. The van der Waals surface area contributed by atoms with Gasteiger partial charge in [-0.2, -0.15) is 5.10 Å². The normalized spacial score (nSPS) is 14.9. The van der Waals surface area contributed by atoms with Crippen LogP contribution in [0.1, 0.15) is 16.8 Å². The molecule has 5 nitrogen and oxygen atoms in total. The fraction of sp³-hybridized carbons (Fsp3) is 0.0588. The van der Waals surface area contributed by atoms with Crippen LogP contribution in [0, 0.1) is 5.82 Å². The summed E-state index contributed by atoms with van der Waals surface area (Å²) in [5.74, 6) is -0.256. The van der Waals surface area contributed by atoms with Crippen molar-refractivity contribution in [3.05, 3.63) is 141 Å². The minimum Gasteiger partial charge on any atom is -0.355 e. The molecule has 0 spiro atoms. The van der Waals surface area contributed by atoms with Crippen LogP contribution >= 0.6 is 39.3 Å². The molecule has 0 aliphatic carbocycles. The average molecular weight is 669 g/mol. The molecule has 0 fully saturated rings. The van der Waals surface area contributed by atoms with Gasteiger partial charge in [0.15, 0.2) is 5.50 Å². The minimum atomic E-state index is -0.256. The quantitative estimate of drug-likeness (QED) is 0.132. The molecule has 1 atom stereocenters. The summed E-state index contributed by atoms with van der Waals surface area (Å²) in [5, 5.41) is 12.8.